The Hall–Kier alpha value is -1.31. The van der Waals surface area contributed by atoms with E-state index in [4.69, 9.17) is 0 Å². The first kappa shape index (κ1) is 12.7. The number of hydrogen-bond acceptors (Lipinski definition) is 1. The van der Waals surface area contributed by atoms with Gasteiger partial charge in [-0.1, -0.05) is 43.2 Å². The number of nitrogens with one attached hydrogen (secondary N) is 1. The van der Waals surface area contributed by atoms with Gasteiger partial charge in [0.2, 0.25) is 5.91 Å². The van der Waals surface area contributed by atoms with Crippen LogP contribution in [0, 0.1) is 5.92 Å². The van der Waals surface area contributed by atoms with Crippen LogP contribution in [-0.2, 0) is 10.2 Å². The third kappa shape index (κ3) is 2.99. The highest BCUT2D eigenvalue weighted by Gasteiger charge is 2.44. The molecule has 1 aromatic carbocycles. The van der Waals surface area contributed by atoms with Crippen molar-refractivity contribution in [1.29, 1.82) is 0 Å². The molecule has 3 rings (SSSR count). The molecule has 0 aromatic heterocycles. The van der Waals surface area contributed by atoms with Crippen LogP contribution in [0.3, 0.4) is 0 Å². The molecule has 102 valence electrons. The van der Waals surface area contributed by atoms with Gasteiger partial charge in [0.05, 0.1) is 0 Å². The van der Waals surface area contributed by atoms with Gasteiger partial charge >= 0.3 is 0 Å². The zero-order chi connectivity index (χ0) is 13.1. The molecule has 2 nitrogen and oxygen atoms in total. The van der Waals surface area contributed by atoms with E-state index in [-0.39, 0.29) is 11.3 Å². The molecule has 1 amide bonds. The fourth-order valence-corrected chi connectivity index (χ4v) is 3.33. The molecule has 2 saturated carbocycles. The van der Waals surface area contributed by atoms with Crippen LogP contribution in [0.2, 0.25) is 0 Å². The lowest BCUT2D eigenvalue weighted by Gasteiger charge is -2.17. The molecule has 2 fully saturated rings. The van der Waals surface area contributed by atoms with E-state index >= 15 is 0 Å². The van der Waals surface area contributed by atoms with E-state index in [2.05, 4.69) is 35.6 Å². The van der Waals surface area contributed by atoms with Gasteiger partial charge < -0.3 is 5.32 Å². The number of rotatable bonds is 5. The molecular weight excluding hydrogens is 234 g/mol. The van der Waals surface area contributed by atoms with Crippen molar-refractivity contribution in [3.05, 3.63) is 35.9 Å². The quantitative estimate of drug-likeness (QED) is 0.860. The minimum Gasteiger partial charge on any atom is -0.355 e. The summed E-state index contributed by atoms with van der Waals surface area (Å²) >= 11 is 0. The Morgan fingerprint density at radius 3 is 2.47 bits per heavy atom. The summed E-state index contributed by atoms with van der Waals surface area (Å²) < 4.78 is 0. The third-order valence-electron chi connectivity index (χ3n) is 4.81. The van der Waals surface area contributed by atoms with Crippen molar-refractivity contribution in [3.8, 4) is 0 Å². The summed E-state index contributed by atoms with van der Waals surface area (Å²) in [4.78, 5) is 12.0. The van der Waals surface area contributed by atoms with Gasteiger partial charge in [-0.2, -0.15) is 0 Å². The molecule has 0 spiro atoms. The zero-order valence-corrected chi connectivity index (χ0v) is 11.5. The molecule has 2 heteroatoms. The van der Waals surface area contributed by atoms with E-state index in [9.17, 15) is 4.79 Å². The Kier molecular flexibility index (Phi) is 3.58. The molecule has 0 bridgehead atoms. The lowest BCUT2D eigenvalue weighted by molar-refractivity contribution is -0.122. The first-order valence-electron chi connectivity index (χ1n) is 7.61. The molecule has 1 aromatic rings. The monoisotopic (exact) mass is 257 g/mol. The van der Waals surface area contributed by atoms with Crippen LogP contribution < -0.4 is 5.32 Å². The van der Waals surface area contributed by atoms with Crippen LogP contribution in [-0.4, -0.2) is 12.5 Å². The second-order valence-corrected chi connectivity index (χ2v) is 6.28. The summed E-state index contributed by atoms with van der Waals surface area (Å²) in [5.41, 5.74) is 1.63. The van der Waals surface area contributed by atoms with Crippen LogP contribution in [0.1, 0.15) is 50.5 Å². The van der Waals surface area contributed by atoms with Crippen LogP contribution >= 0.6 is 0 Å². The fraction of sp³-hybridized carbons (Fsp3) is 0.588. The number of carbonyl (C=O) groups is 1. The van der Waals surface area contributed by atoms with Gasteiger partial charge in [0.25, 0.3) is 0 Å². The molecular formula is C17H23NO. The first-order valence-corrected chi connectivity index (χ1v) is 7.61. The summed E-state index contributed by atoms with van der Waals surface area (Å²) in [5, 5.41) is 3.17. The average Bonchev–Trinajstić information content (AvgIpc) is 3.08. The van der Waals surface area contributed by atoms with Crippen LogP contribution in [0.25, 0.3) is 0 Å². The lowest BCUT2D eigenvalue weighted by Crippen LogP contribution is -2.33. The normalized spacial score (nSPS) is 21.3. The third-order valence-corrected chi connectivity index (χ3v) is 4.81. The first-order chi connectivity index (χ1) is 9.28. The molecule has 0 heterocycles. The van der Waals surface area contributed by atoms with Gasteiger partial charge in [-0.15, -0.1) is 0 Å². The van der Waals surface area contributed by atoms with Crippen molar-refractivity contribution >= 4 is 5.91 Å². The van der Waals surface area contributed by atoms with Crippen molar-refractivity contribution < 1.29 is 4.79 Å². The van der Waals surface area contributed by atoms with E-state index in [1.165, 1.54) is 44.1 Å². The molecule has 0 unspecified atom stereocenters. The zero-order valence-electron chi connectivity index (χ0n) is 11.5. The maximum absolute atomic E-state index is 12.0. The van der Waals surface area contributed by atoms with Crippen LogP contribution in [0.15, 0.2) is 30.3 Å². The van der Waals surface area contributed by atoms with Crippen molar-refractivity contribution in [1.82, 2.24) is 5.32 Å². The number of hydrogen-bond donors (Lipinski definition) is 1. The largest absolute Gasteiger partial charge is 0.355 e. The Morgan fingerprint density at radius 2 is 1.84 bits per heavy atom. The predicted molar refractivity (Wildman–Crippen MR) is 76.9 cm³/mol. The molecule has 2 aliphatic rings. The van der Waals surface area contributed by atoms with E-state index in [1.54, 1.807) is 0 Å². The van der Waals surface area contributed by atoms with Gasteiger partial charge in [0.1, 0.15) is 0 Å². The summed E-state index contributed by atoms with van der Waals surface area (Å²) in [7, 11) is 0. The van der Waals surface area contributed by atoms with Crippen molar-refractivity contribution in [3.63, 3.8) is 0 Å². The number of benzene rings is 1. The Labute approximate surface area is 115 Å². The van der Waals surface area contributed by atoms with Gasteiger partial charge in [0.15, 0.2) is 0 Å². The van der Waals surface area contributed by atoms with Gasteiger partial charge in [-0.3, -0.25) is 4.79 Å². The Bertz CT molecular complexity index is 430. The highest BCUT2D eigenvalue weighted by atomic mass is 16.1. The van der Waals surface area contributed by atoms with Crippen LogP contribution in [0.5, 0.6) is 0 Å². The summed E-state index contributed by atoms with van der Waals surface area (Å²) in [6.45, 7) is 0.822. The topological polar surface area (TPSA) is 29.1 Å². The summed E-state index contributed by atoms with van der Waals surface area (Å²) in [5.74, 6) is 0.904. The minimum atomic E-state index is 0.243. The van der Waals surface area contributed by atoms with E-state index in [0.29, 0.717) is 5.92 Å². The maximum atomic E-state index is 12.0. The van der Waals surface area contributed by atoms with E-state index in [0.717, 1.165) is 13.0 Å². The van der Waals surface area contributed by atoms with Crippen molar-refractivity contribution in [2.75, 3.05) is 6.54 Å². The summed E-state index contributed by atoms with van der Waals surface area (Å²) in [6, 6.07) is 10.6. The van der Waals surface area contributed by atoms with Crippen LogP contribution in [0.4, 0.5) is 0 Å². The lowest BCUT2D eigenvalue weighted by atomic mass is 9.95. The Morgan fingerprint density at radius 1 is 1.16 bits per heavy atom. The highest BCUT2D eigenvalue weighted by molar-refractivity contribution is 5.76. The Balaban J connectivity index is 1.50. The molecule has 0 radical (unpaired) electrons. The van der Waals surface area contributed by atoms with E-state index < -0.39 is 0 Å². The molecule has 19 heavy (non-hydrogen) atoms. The second-order valence-electron chi connectivity index (χ2n) is 6.28. The maximum Gasteiger partial charge on any atom is 0.220 e. The number of amides is 1. The standard InChI is InChI=1S/C17H23NO/c19-16(12-14-6-4-5-7-14)18-13-17(10-11-17)15-8-2-1-3-9-15/h1-3,8-9,14H,4-7,10-13H2,(H,18,19). The van der Waals surface area contributed by atoms with E-state index in [1.807, 2.05) is 0 Å². The summed E-state index contributed by atoms with van der Waals surface area (Å²) in [6.07, 6.45) is 8.28. The van der Waals surface area contributed by atoms with Crippen molar-refractivity contribution in [2.45, 2.75) is 50.4 Å². The smallest absolute Gasteiger partial charge is 0.220 e. The minimum absolute atomic E-state index is 0.243. The second kappa shape index (κ2) is 5.36. The predicted octanol–water partition coefficient (Wildman–Crippen LogP) is 3.41. The SMILES string of the molecule is O=C(CC1CCCC1)NCC1(c2ccccc2)CC1. The molecule has 0 saturated heterocycles. The molecule has 0 atom stereocenters. The van der Waals surface area contributed by atoms with Crippen molar-refractivity contribution in [2.24, 2.45) is 5.92 Å². The van der Waals surface area contributed by atoms with Gasteiger partial charge in [-0.05, 0) is 37.2 Å². The average molecular weight is 257 g/mol. The molecule has 0 aliphatic heterocycles. The molecule has 2 aliphatic carbocycles. The highest BCUT2D eigenvalue weighted by Crippen LogP contribution is 2.47. The van der Waals surface area contributed by atoms with Gasteiger partial charge in [-0.25, -0.2) is 0 Å². The fourth-order valence-electron chi connectivity index (χ4n) is 3.33. The molecule has 1 N–H and O–H groups in total. The number of carbonyl (C=O) groups excluding carboxylic acids is 1. The van der Waals surface area contributed by atoms with Gasteiger partial charge in [0, 0.05) is 18.4 Å².